The summed E-state index contributed by atoms with van der Waals surface area (Å²) in [7, 11) is 0. The summed E-state index contributed by atoms with van der Waals surface area (Å²) in [4.78, 5) is 36.7. The van der Waals surface area contributed by atoms with Crippen molar-refractivity contribution in [3.05, 3.63) is 80.3 Å². The molecule has 2 N–H and O–H groups in total. The molecule has 11 heteroatoms. The summed E-state index contributed by atoms with van der Waals surface area (Å²) in [5.74, 6) is -3.43. The first kappa shape index (κ1) is 23.8. The average Bonchev–Trinajstić information content (AvgIpc) is 3.09. The molecule has 0 fully saturated rings. The summed E-state index contributed by atoms with van der Waals surface area (Å²) in [6.07, 6.45) is -1.80. The van der Waals surface area contributed by atoms with E-state index >= 15 is 0 Å². The third-order valence-corrected chi connectivity index (χ3v) is 6.65. The van der Waals surface area contributed by atoms with Crippen LogP contribution in [0.3, 0.4) is 0 Å². The van der Waals surface area contributed by atoms with Gasteiger partial charge in [-0.3, -0.25) is 9.59 Å². The zero-order valence-corrected chi connectivity index (χ0v) is 20.1. The molecule has 0 bridgehead atoms. The van der Waals surface area contributed by atoms with Crippen molar-refractivity contribution in [1.82, 2.24) is 0 Å². The Morgan fingerprint density at radius 2 is 1.64 bits per heavy atom. The van der Waals surface area contributed by atoms with Crippen LogP contribution >= 0.6 is 23.2 Å². The van der Waals surface area contributed by atoms with Crippen molar-refractivity contribution in [1.29, 1.82) is 0 Å². The lowest BCUT2D eigenvalue weighted by Gasteiger charge is -2.38. The number of hydrogen-bond acceptors (Lipinski definition) is 9. The van der Waals surface area contributed by atoms with Crippen LogP contribution in [-0.2, 0) is 29.4 Å². The maximum atomic E-state index is 13.0. The number of phenols is 2. The lowest BCUT2D eigenvalue weighted by atomic mass is 9.76. The predicted octanol–water partition coefficient (Wildman–Crippen LogP) is 5.10. The van der Waals surface area contributed by atoms with Gasteiger partial charge in [-0.15, -0.1) is 0 Å². The van der Waals surface area contributed by atoms with Gasteiger partial charge in [-0.2, -0.15) is 0 Å². The number of carbonyl (C=O) groups is 3. The number of fused-ring (bicyclic) bond motifs is 6. The molecular weight excluding hydrogens is 515 g/mol. The molecule has 0 saturated heterocycles. The number of halogens is 2. The smallest absolute Gasteiger partial charge is 0.340 e. The van der Waals surface area contributed by atoms with Crippen molar-refractivity contribution >= 4 is 41.1 Å². The fourth-order valence-electron chi connectivity index (χ4n) is 4.49. The van der Waals surface area contributed by atoms with E-state index in [1.807, 2.05) is 0 Å². The summed E-state index contributed by atoms with van der Waals surface area (Å²) < 4.78 is 22.4. The molecule has 0 saturated carbocycles. The van der Waals surface area contributed by atoms with Crippen molar-refractivity contribution in [3.63, 3.8) is 0 Å². The number of esters is 3. The average molecular weight is 531 g/mol. The molecule has 2 heterocycles. The van der Waals surface area contributed by atoms with E-state index in [1.54, 1.807) is 24.3 Å². The fraction of sp³-hybridized carbons (Fsp3) is 0.160. The van der Waals surface area contributed by atoms with Crippen LogP contribution in [0.25, 0.3) is 0 Å². The van der Waals surface area contributed by atoms with Gasteiger partial charge in [-0.1, -0.05) is 41.4 Å². The molecule has 3 aromatic carbocycles. The molecule has 3 aromatic rings. The zero-order chi connectivity index (χ0) is 25.9. The van der Waals surface area contributed by atoms with Gasteiger partial charge >= 0.3 is 17.9 Å². The molecule has 5 rings (SSSR count). The lowest BCUT2D eigenvalue weighted by molar-refractivity contribution is -0.186. The maximum Gasteiger partial charge on any atom is 0.340 e. The second-order valence-electron chi connectivity index (χ2n) is 8.04. The van der Waals surface area contributed by atoms with E-state index in [-0.39, 0.29) is 44.0 Å². The lowest BCUT2D eigenvalue weighted by Crippen LogP contribution is -2.34. The van der Waals surface area contributed by atoms with Crippen LogP contribution in [0.2, 0.25) is 10.0 Å². The van der Waals surface area contributed by atoms with Gasteiger partial charge in [0.25, 0.3) is 6.29 Å². The minimum atomic E-state index is -1.80. The van der Waals surface area contributed by atoms with E-state index in [1.165, 1.54) is 18.2 Å². The van der Waals surface area contributed by atoms with Crippen molar-refractivity contribution in [2.24, 2.45) is 0 Å². The maximum absolute atomic E-state index is 13.0. The molecule has 0 aromatic heterocycles. The van der Waals surface area contributed by atoms with Gasteiger partial charge < -0.3 is 29.2 Å². The van der Waals surface area contributed by atoms with Crippen molar-refractivity contribution < 1.29 is 43.5 Å². The SMILES string of the molecule is CC(=O)OC(OC(C)=O)c1c(O)c(Cl)c(Cl)c2c1Oc1cc(O)ccc1C21OC(=O)c2ccccc21. The first-order valence-electron chi connectivity index (χ1n) is 10.5. The van der Waals surface area contributed by atoms with Gasteiger partial charge in [0.2, 0.25) is 0 Å². The predicted molar refractivity (Wildman–Crippen MR) is 124 cm³/mol. The quantitative estimate of drug-likeness (QED) is 0.351. The number of rotatable bonds is 3. The first-order chi connectivity index (χ1) is 17.1. The van der Waals surface area contributed by atoms with E-state index < -0.39 is 35.5 Å². The normalized spacial score (nSPS) is 17.1. The number of phenolic OH excluding ortho intramolecular Hbond substituents is 2. The monoisotopic (exact) mass is 530 g/mol. The summed E-state index contributed by atoms with van der Waals surface area (Å²) in [6, 6.07) is 10.7. The standard InChI is InChI=1S/C25H16Cl2O9/c1-10(28)33-24(34-11(2)29)17-21(31)20(27)19(26)18-22(17)35-16-9-12(30)7-8-15(16)25(18)14-6-4-3-5-13(14)23(32)36-25/h3-9,24,30-31H,1-2H3. The summed E-state index contributed by atoms with van der Waals surface area (Å²) in [6.45, 7) is 2.14. The van der Waals surface area contributed by atoms with Gasteiger partial charge in [0, 0.05) is 31.0 Å². The van der Waals surface area contributed by atoms with Gasteiger partial charge in [0.15, 0.2) is 11.4 Å². The second kappa shape index (κ2) is 8.32. The molecule has 36 heavy (non-hydrogen) atoms. The third kappa shape index (κ3) is 3.35. The van der Waals surface area contributed by atoms with Gasteiger partial charge in [-0.05, 0) is 18.2 Å². The van der Waals surface area contributed by atoms with Crippen LogP contribution in [-0.4, -0.2) is 28.1 Å². The van der Waals surface area contributed by atoms with Crippen molar-refractivity contribution in [3.8, 4) is 23.0 Å². The summed E-state index contributed by atoms with van der Waals surface area (Å²) >= 11 is 13.1. The van der Waals surface area contributed by atoms with Gasteiger partial charge in [-0.25, -0.2) is 4.79 Å². The molecule has 9 nitrogen and oxygen atoms in total. The highest BCUT2D eigenvalue weighted by atomic mass is 35.5. The molecule has 1 spiro atoms. The molecule has 2 aliphatic rings. The number of carbonyl (C=O) groups excluding carboxylic acids is 3. The first-order valence-corrected chi connectivity index (χ1v) is 11.2. The number of hydrogen-bond donors (Lipinski definition) is 2. The number of benzene rings is 3. The molecule has 2 aliphatic heterocycles. The van der Waals surface area contributed by atoms with Crippen molar-refractivity contribution in [2.45, 2.75) is 25.7 Å². The van der Waals surface area contributed by atoms with Gasteiger partial charge in [0.05, 0.1) is 16.1 Å². The van der Waals surface area contributed by atoms with Crippen LogP contribution in [0.4, 0.5) is 0 Å². The van der Waals surface area contributed by atoms with Gasteiger partial charge in [0.1, 0.15) is 27.8 Å². The highest BCUT2D eigenvalue weighted by molar-refractivity contribution is 6.44. The van der Waals surface area contributed by atoms with E-state index in [4.69, 9.17) is 42.1 Å². The van der Waals surface area contributed by atoms with E-state index in [0.717, 1.165) is 13.8 Å². The highest BCUT2D eigenvalue weighted by Crippen LogP contribution is 2.62. The van der Waals surface area contributed by atoms with E-state index in [0.29, 0.717) is 11.1 Å². The minimum Gasteiger partial charge on any atom is -0.508 e. The number of ether oxygens (including phenoxy) is 4. The third-order valence-electron chi connectivity index (χ3n) is 5.81. The molecule has 1 atom stereocenters. The Balaban J connectivity index is 1.93. The van der Waals surface area contributed by atoms with Crippen molar-refractivity contribution in [2.75, 3.05) is 0 Å². The second-order valence-corrected chi connectivity index (χ2v) is 8.80. The van der Waals surface area contributed by atoms with E-state index in [9.17, 15) is 24.6 Å². The Morgan fingerprint density at radius 1 is 0.972 bits per heavy atom. The fourth-order valence-corrected chi connectivity index (χ4v) is 4.99. The summed E-state index contributed by atoms with van der Waals surface area (Å²) in [5, 5.41) is 20.5. The summed E-state index contributed by atoms with van der Waals surface area (Å²) in [5.41, 5.74) is -1.15. The topological polar surface area (TPSA) is 129 Å². The van der Waals surface area contributed by atoms with Crippen LogP contribution < -0.4 is 4.74 Å². The zero-order valence-electron chi connectivity index (χ0n) is 18.6. The highest BCUT2D eigenvalue weighted by Gasteiger charge is 2.56. The van der Waals surface area contributed by atoms with E-state index in [2.05, 4.69) is 0 Å². The molecule has 0 aliphatic carbocycles. The number of aromatic hydroxyl groups is 2. The molecular formula is C25H16Cl2O9. The van der Waals surface area contributed by atoms with Crippen LogP contribution in [0.15, 0.2) is 42.5 Å². The Morgan fingerprint density at radius 3 is 2.31 bits per heavy atom. The molecule has 1 unspecified atom stereocenters. The Hall–Kier alpha value is -3.95. The molecule has 184 valence electrons. The largest absolute Gasteiger partial charge is 0.508 e. The van der Waals surface area contributed by atoms with Crippen LogP contribution in [0.1, 0.15) is 52.7 Å². The Kier molecular flexibility index (Phi) is 5.50. The minimum absolute atomic E-state index is 0.00256. The Labute approximate surface area is 213 Å². The van der Waals surface area contributed by atoms with Crippen LogP contribution in [0.5, 0.6) is 23.0 Å². The Bertz CT molecular complexity index is 1470. The van der Waals surface area contributed by atoms with Crippen LogP contribution in [0, 0.1) is 0 Å². The molecule has 0 amide bonds. The molecule has 0 radical (unpaired) electrons.